The van der Waals surface area contributed by atoms with E-state index in [0.717, 1.165) is 11.0 Å². The van der Waals surface area contributed by atoms with Gasteiger partial charge in [0, 0.05) is 6.61 Å². The largest absolute Gasteiger partial charge is 0.494 e. The molecule has 2 rings (SSSR count). The number of hydrogen-bond acceptors (Lipinski definition) is 5. The lowest BCUT2D eigenvalue weighted by molar-refractivity contribution is 0.00578. The first-order valence-corrected chi connectivity index (χ1v) is 9.40. The van der Waals surface area contributed by atoms with Gasteiger partial charge in [-0.3, -0.25) is 0 Å². The number of benzene rings is 1. The fourth-order valence-electron chi connectivity index (χ4n) is 2.80. The van der Waals surface area contributed by atoms with Crippen molar-refractivity contribution in [1.82, 2.24) is 5.32 Å². The van der Waals surface area contributed by atoms with Crippen molar-refractivity contribution in [2.24, 2.45) is 0 Å². The minimum absolute atomic E-state index is 0.0544. The number of nitrogens with one attached hydrogen (secondary N) is 1. The number of amides is 1. The normalized spacial score (nSPS) is 19.6. The molecule has 1 aliphatic heterocycles. The van der Waals surface area contributed by atoms with E-state index in [2.05, 4.69) is 5.32 Å². The highest BCUT2D eigenvalue weighted by molar-refractivity contribution is 6.62. The lowest BCUT2D eigenvalue weighted by atomic mass is 9.78. The quantitative estimate of drug-likeness (QED) is 0.772. The van der Waals surface area contributed by atoms with Crippen LogP contribution >= 0.6 is 0 Å². The SMILES string of the molecule is CC(C)(C)OC(=O)NC(CCO)c1cccc(B2OC(C)(C)C(C)(C)O2)c1. The van der Waals surface area contributed by atoms with Crippen LogP contribution in [0.3, 0.4) is 0 Å². The van der Waals surface area contributed by atoms with Gasteiger partial charge in [0.1, 0.15) is 5.60 Å². The second-order valence-corrected chi connectivity index (χ2v) is 8.97. The Kier molecular flexibility index (Phi) is 6.29. The van der Waals surface area contributed by atoms with Crippen LogP contribution in [0, 0.1) is 0 Å². The molecule has 0 radical (unpaired) electrons. The van der Waals surface area contributed by atoms with Gasteiger partial charge in [0.25, 0.3) is 0 Å². The highest BCUT2D eigenvalue weighted by Gasteiger charge is 2.51. The van der Waals surface area contributed by atoms with Crippen molar-refractivity contribution in [3.8, 4) is 0 Å². The van der Waals surface area contributed by atoms with E-state index < -0.39 is 30.0 Å². The molecule has 27 heavy (non-hydrogen) atoms. The Morgan fingerprint density at radius 3 is 2.33 bits per heavy atom. The van der Waals surface area contributed by atoms with Gasteiger partial charge in [-0.25, -0.2) is 4.79 Å². The lowest BCUT2D eigenvalue weighted by Gasteiger charge is -2.32. The maximum Gasteiger partial charge on any atom is 0.494 e. The van der Waals surface area contributed by atoms with Crippen molar-refractivity contribution < 1.29 is 23.9 Å². The van der Waals surface area contributed by atoms with Crippen molar-refractivity contribution in [1.29, 1.82) is 0 Å². The Balaban J connectivity index is 2.19. The van der Waals surface area contributed by atoms with Crippen LogP contribution in [-0.2, 0) is 14.0 Å². The van der Waals surface area contributed by atoms with E-state index >= 15 is 0 Å². The second-order valence-electron chi connectivity index (χ2n) is 8.97. The topological polar surface area (TPSA) is 77.0 Å². The number of carbonyl (C=O) groups is 1. The van der Waals surface area contributed by atoms with Crippen LogP contribution in [0.2, 0.25) is 0 Å². The first-order valence-electron chi connectivity index (χ1n) is 9.40. The van der Waals surface area contributed by atoms with E-state index in [4.69, 9.17) is 14.0 Å². The number of carbonyl (C=O) groups excluding carboxylic acids is 1. The molecule has 0 spiro atoms. The fourth-order valence-corrected chi connectivity index (χ4v) is 2.80. The van der Waals surface area contributed by atoms with E-state index in [-0.39, 0.29) is 12.6 Å². The first-order chi connectivity index (χ1) is 12.3. The van der Waals surface area contributed by atoms with Gasteiger partial charge < -0.3 is 24.5 Å². The van der Waals surface area contributed by atoms with Gasteiger partial charge in [0.15, 0.2) is 0 Å². The molecular formula is C20H32BNO5. The Morgan fingerprint density at radius 1 is 1.22 bits per heavy atom. The molecule has 1 saturated heterocycles. The van der Waals surface area contributed by atoms with Crippen LogP contribution in [0.4, 0.5) is 4.79 Å². The highest BCUT2D eigenvalue weighted by Crippen LogP contribution is 2.36. The monoisotopic (exact) mass is 377 g/mol. The van der Waals surface area contributed by atoms with Gasteiger partial charge >= 0.3 is 13.2 Å². The zero-order valence-electron chi connectivity index (χ0n) is 17.5. The van der Waals surface area contributed by atoms with Crippen LogP contribution in [0.15, 0.2) is 24.3 Å². The maximum atomic E-state index is 12.2. The Morgan fingerprint density at radius 2 is 1.81 bits per heavy atom. The van der Waals surface area contributed by atoms with E-state index in [1.54, 1.807) is 0 Å². The molecule has 6 nitrogen and oxygen atoms in total. The summed E-state index contributed by atoms with van der Waals surface area (Å²) in [6.45, 7) is 13.4. The fraction of sp³-hybridized carbons (Fsp3) is 0.650. The number of alkyl carbamates (subject to hydrolysis) is 1. The average molecular weight is 377 g/mol. The second kappa shape index (κ2) is 7.82. The number of ether oxygens (including phenoxy) is 1. The smallest absolute Gasteiger partial charge is 0.444 e. The summed E-state index contributed by atoms with van der Waals surface area (Å²) in [7, 11) is -0.480. The maximum absolute atomic E-state index is 12.2. The van der Waals surface area contributed by atoms with E-state index in [0.29, 0.717) is 6.42 Å². The first kappa shape index (κ1) is 21.7. The Hall–Kier alpha value is -1.57. The molecule has 1 aromatic carbocycles. The summed E-state index contributed by atoms with van der Waals surface area (Å²) in [6, 6.07) is 7.32. The lowest BCUT2D eigenvalue weighted by Crippen LogP contribution is -2.41. The molecule has 1 atom stereocenters. The zero-order chi connectivity index (χ0) is 20.5. The number of hydrogen-bond donors (Lipinski definition) is 2. The molecule has 1 aliphatic rings. The van der Waals surface area contributed by atoms with Crippen molar-refractivity contribution in [3.63, 3.8) is 0 Å². The van der Waals surface area contributed by atoms with Crippen LogP contribution in [0.1, 0.15) is 66.5 Å². The summed E-state index contributed by atoms with van der Waals surface area (Å²) in [5, 5.41) is 12.3. The Labute approximate surface area is 162 Å². The minimum atomic E-state index is -0.585. The molecule has 0 aromatic heterocycles. The third-order valence-electron chi connectivity index (χ3n) is 4.95. The molecule has 0 saturated carbocycles. The summed E-state index contributed by atoms with van der Waals surface area (Å²) in [4.78, 5) is 12.2. The molecular weight excluding hydrogens is 345 g/mol. The highest BCUT2D eigenvalue weighted by atomic mass is 16.7. The molecule has 1 amide bonds. The van der Waals surface area contributed by atoms with Crippen molar-refractivity contribution >= 4 is 18.7 Å². The van der Waals surface area contributed by atoms with Crippen molar-refractivity contribution in [2.75, 3.05) is 6.61 Å². The summed E-state index contributed by atoms with van der Waals surface area (Å²) < 4.78 is 17.6. The molecule has 0 bridgehead atoms. The van der Waals surface area contributed by atoms with Gasteiger partial charge in [-0.15, -0.1) is 0 Å². The molecule has 1 fully saturated rings. The molecule has 1 heterocycles. The standard InChI is InChI=1S/C20H32BNO5/c1-18(2,3)25-17(24)22-16(11-12-23)14-9-8-10-15(13-14)21-26-19(4,5)20(6,7)27-21/h8-10,13,16,23H,11-12H2,1-7H3,(H,22,24). The summed E-state index contributed by atoms with van der Waals surface area (Å²) in [5.41, 5.74) is 0.306. The molecule has 7 heteroatoms. The molecule has 2 N–H and O–H groups in total. The zero-order valence-corrected chi connectivity index (χ0v) is 17.5. The minimum Gasteiger partial charge on any atom is -0.444 e. The van der Waals surface area contributed by atoms with Gasteiger partial charge in [0.2, 0.25) is 0 Å². The van der Waals surface area contributed by atoms with Crippen LogP contribution in [0.5, 0.6) is 0 Å². The van der Waals surface area contributed by atoms with Gasteiger partial charge in [0.05, 0.1) is 17.2 Å². The third-order valence-corrected chi connectivity index (χ3v) is 4.95. The van der Waals surface area contributed by atoms with Crippen LogP contribution in [0.25, 0.3) is 0 Å². The van der Waals surface area contributed by atoms with Gasteiger partial charge in [-0.1, -0.05) is 24.3 Å². The predicted molar refractivity (Wildman–Crippen MR) is 106 cm³/mol. The van der Waals surface area contributed by atoms with Crippen molar-refractivity contribution in [3.05, 3.63) is 29.8 Å². The number of aliphatic hydroxyl groups excluding tert-OH is 1. The summed E-state index contributed by atoms with van der Waals surface area (Å²) in [5.74, 6) is 0. The summed E-state index contributed by atoms with van der Waals surface area (Å²) in [6.07, 6.45) is -0.131. The van der Waals surface area contributed by atoms with E-state index in [1.165, 1.54) is 0 Å². The molecule has 0 aliphatic carbocycles. The van der Waals surface area contributed by atoms with Crippen LogP contribution in [-0.4, -0.2) is 41.7 Å². The third kappa shape index (κ3) is 5.47. The van der Waals surface area contributed by atoms with E-state index in [9.17, 15) is 9.90 Å². The molecule has 1 unspecified atom stereocenters. The number of rotatable bonds is 5. The Bertz CT molecular complexity index is 653. The predicted octanol–water partition coefficient (Wildman–Crippen LogP) is 2.93. The van der Waals surface area contributed by atoms with E-state index in [1.807, 2.05) is 72.7 Å². The van der Waals surface area contributed by atoms with Crippen molar-refractivity contribution in [2.45, 2.75) is 77.7 Å². The molecule has 1 aromatic rings. The van der Waals surface area contributed by atoms with Gasteiger partial charge in [-0.05, 0) is 65.9 Å². The molecule has 150 valence electrons. The average Bonchev–Trinajstić information content (AvgIpc) is 2.73. The summed E-state index contributed by atoms with van der Waals surface area (Å²) >= 11 is 0. The van der Waals surface area contributed by atoms with Crippen LogP contribution < -0.4 is 10.8 Å². The number of aliphatic hydroxyl groups is 1. The van der Waals surface area contributed by atoms with Gasteiger partial charge in [-0.2, -0.15) is 0 Å².